The van der Waals surface area contributed by atoms with Gasteiger partial charge in [-0.2, -0.15) is 0 Å². The van der Waals surface area contributed by atoms with E-state index in [1.165, 1.54) is 18.9 Å². The second kappa shape index (κ2) is 6.60. The van der Waals surface area contributed by atoms with Crippen LogP contribution in [0.5, 0.6) is 0 Å². The number of pyridine rings is 1. The third kappa shape index (κ3) is 3.57. The van der Waals surface area contributed by atoms with Gasteiger partial charge in [0.25, 0.3) is 0 Å². The maximum Gasteiger partial charge on any atom is 0.306 e. The first-order chi connectivity index (χ1) is 7.69. The first-order valence-electron chi connectivity index (χ1n) is 4.71. The summed E-state index contributed by atoms with van der Waals surface area (Å²) in [5.74, 6) is 1.07. The number of rotatable bonds is 5. The second-order valence-electron chi connectivity index (χ2n) is 2.90. The highest BCUT2D eigenvalue weighted by atomic mass is 35.5. The molecule has 0 spiro atoms. The van der Waals surface area contributed by atoms with Gasteiger partial charge in [-0.05, 0) is 6.07 Å². The lowest BCUT2D eigenvalue weighted by atomic mass is 10.4. The molecule has 0 aliphatic heterocycles. The lowest BCUT2D eigenvalue weighted by molar-refractivity contribution is -0.140. The molecule has 4 nitrogen and oxygen atoms in total. The molecular weight excluding hydrogens is 248 g/mol. The van der Waals surface area contributed by atoms with E-state index in [2.05, 4.69) is 15.0 Å². The first kappa shape index (κ1) is 13.1. The van der Waals surface area contributed by atoms with Crippen LogP contribution < -0.4 is 5.32 Å². The Balaban J connectivity index is 2.57. The fraction of sp³-hybridized carbons (Fsp3) is 0.400. The third-order valence-corrected chi connectivity index (χ3v) is 3.44. The Morgan fingerprint density at radius 2 is 2.44 bits per heavy atom. The van der Waals surface area contributed by atoms with Crippen molar-refractivity contribution in [3.8, 4) is 0 Å². The van der Waals surface area contributed by atoms with Crippen molar-refractivity contribution in [3.63, 3.8) is 0 Å². The van der Waals surface area contributed by atoms with Gasteiger partial charge >= 0.3 is 5.97 Å². The van der Waals surface area contributed by atoms with Crippen LogP contribution in [0.3, 0.4) is 0 Å². The summed E-state index contributed by atoms with van der Waals surface area (Å²) in [5.41, 5.74) is 0. The number of nitrogens with one attached hydrogen (secondary N) is 1. The molecule has 0 amide bonds. The molecule has 0 saturated carbocycles. The van der Waals surface area contributed by atoms with Crippen LogP contribution in [0.15, 0.2) is 17.2 Å². The molecule has 0 aliphatic carbocycles. The monoisotopic (exact) mass is 260 g/mol. The first-order valence-corrected chi connectivity index (χ1v) is 6.07. The average molecular weight is 261 g/mol. The lowest BCUT2D eigenvalue weighted by Crippen LogP contribution is -2.01. The summed E-state index contributed by atoms with van der Waals surface area (Å²) in [6, 6.07) is 1.82. The van der Waals surface area contributed by atoms with Crippen molar-refractivity contribution in [3.05, 3.63) is 17.3 Å². The summed E-state index contributed by atoms with van der Waals surface area (Å²) in [6.45, 7) is 0. The van der Waals surface area contributed by atoms with Crippen LogP contribution in [0.2, 0.25) is 5.02 Å². The fourth-order valence-corrected chi connectivity index (χ4v) is 2.30. The number of hydrogen-bond donors (Lipinski definition) is 1. The van der Waals surface area contributed by atoms with E-state index in [1.54, 1.807) is 13.2 Å². The van der Waals surface area contributed by atoms with Gasteiger partial charge in [0.15, 0.2) is 0 Å². The smallest absolute Gasteiger partial charge is 0.306 e. The summed E-state index contributed by atoms with van der Waals surface area (Å²) < 4.78 is 4.55. The van der Waals surface area contributed by atoms with Crippen molar-refractivity contribution >= 4 is 35.1 Å². The number of methoxy groups -OCH3 is 1. The minimum absolute atomic E-state index is 0.216. The van der Waals surface area contributed by atoms with Gasteiger partial charge in [-0.3, -0.25) is 4.79 Å². The SMILES string of the molecule is CNc1nccc(SCCC(=O)OC)c1Cl. The lowest BCUT2D eigenvalue weighted by Gasteiger charge is -2.07. The molecular formula is C10H13ClN2O2S. The number of thioether (sulfide) groups is 1. The van der Waals surface area contributed by atoms with Gasteiger partial charge in [0.2, 0.25) is 0 Å². The van der Waals surface area contributed by atoms with Crippen molar-refractivity contribution < 1.29 is 9.53 Å². The Labute approximate surface area is 104 Å². The van der Waals surface area contributed by atoms with Crippen LogP contribution in [0, 0.1) is 0 Å². The molecule has 1 aromatic heterocycles. The summed E-state index contributed by atoms with van der Waals surface area (Å²) in [4.78, 5) is 15.9. The highest BCUT2D eigenvalue weighted by molar-refractivity contribution is 7.99. The second-order valence-corrected chi connectivity index (χ2v) is 4.41. The molecule has 88 valence electrons. The zero-order valence-electron chi connectivity index (χ0n) is 9.12. The molecule has 1 aromatic rings. The van der Waals surface area contributed by atoms with Gasteiger partial charge in [-0.15, -0.1) is 11.8 Å². The molecule has 1 N–H and O–H groups in total. The van der Waals surface area contributed by atoms with E-state index in [4.69, 9.17) is 11.6 Å². The van der Waals surface area contributed by atoms with Crippen LogP contribution in [-0.2, 0) is 9.53 Å². The van der Waals surface area contributed by atoms with Crippen LogP contribution in [0.1, 0.15) is 6.42 Å². The van der Waals surface area contributed by atoms with Gasteiger partial charge in [0, 0.05) is 23.9 Å². The Hall–Kier alpha value is -0.940. The summed E-state index contributed by atoms with van der Waals surface area (Å²) in [6.07, 6.45) is 2.05. The molecule has 6 heteroatoms. The average Bonchev–Trinajstić information content (AvgIpc) is 2.31. The van der Waals surface area contributed by atoms with Crippen molar-refractivity contribution in [2.45, 2.75) is 11.3 Å². The predicted molar refractivity (Wildman–Crippen MR) is 66.2 cm³/mol. The number of esters is 1. The molecule has 0 unspecified atom stereocenters. The number of nitrogens with zero attached hydrogens (tertiary/aromatic N) is 1. The standard InChI is InChI=1S/C10H13ClN2O2S/c1-12-10-9(11)7(3-5-13-10)16-6-4-8(14)15-2/h3,5H,4,6H2,1-2H3,(H,12,13). The van der Waals surface area contributed by atoms with Gasteiger partial charge in [-0.25, -0.2) is 4.98 Å². The molecule has 1 rings (SSSR count). The van der Waals surface area contributed by atoms with Crippen LogP contribution in [-0.4, -0.2) is 30.9 Å². The highest BCUT2D eigenvalue weighted by Gasteiger charge is 2.07. The Bertz CT molecular complexity index is 374. The van der Waals surface area contributed by atoms with E-state index >= 15 is 0 Å². The maximum absolute atomic E-state index is 10.9. The number of ether oxygens (including phenoxy) is 1. The van der Waals surface area contributed by atoms with E-state index in [-0.39, 0.29) is 5.97 Å². The molecule has 0 aromatic carbocycles. The Morgan fingerprint density at radius 1 is 1.69 bits per heavy atom. The van der Waals surface area contributed by atoms with Crippen molar-refractivity contribution in [2.75, 3.05) is 25.2 Å². The number of hydrogen-bond acceptors (Lipinski definition) is 5. The quantitative estimate of drug-likeness (QED) is 0.651. The summed E-state index contributed by atoms with van der Waals surface area (Å²) in [5, 5.41) is 3.48. The zero-order valence-corrected chi connectivity index (χ0v) is 10.7. The number of carbonyl (C=O) groups excluding carboxylic acids is 1. The molecule has 0 radical (unpaired) electrons. The molecule has 0 bridgehead atoms. The van der Waals surface area contributed by atoms with E-state index < -0.39 is 0 Å². The number of anilines is 1. The minimum Gasteiger partial charge on any atom is -0.469 e. The van der Waals surface area contributed by atoms with Gasteiger partial charge in [-0.1, -0.05) is 11.6 Å². The largest absolute Gasteiger partial charge is 0.469 e. The maximum atomic E-state index is 10.9. The summed E-state index contributed by atoms with van der Waals surface area (Å²) >= 11 is 7.60. The molecule has 0 atom stereocenters. The van der Waals surface area contributed by atoms with Crippen molar-refractivity contribution in [1.82, 2.24) is 4.98 Å². The third-order valence-electron chi connectivity index (χ3n) is 1.88. The molecule has 0 fully saturated rings. The van der Waals surface area contributed by atoms with Gasteiger partial charge < -0.3 is 10.1 Å². The Morgan fingerprint density at radius 3 is 3.06 bits per heavy atom. The Kier molecular flexibility index (Phi) is 5.42. The normalized spacial score (nSPS) is 9.94. The minimum atomic E-state index is -0.216. The van der Waals surface area contributed by atoms with Crippen molar-refractivity contribution in [1.29, 1.82) is 0 Å². The van der Waals surface area contributed by atoms with Crippen molar-refractivity contribution in [2.24, 2.45) is 0 Å². The highest BCUT2D eigenvalue weighted by Crippen LogP contribution is 2.31. The fourth-order valence-electron chi connectivity index (χ4n) is 1.06. The predicted octanol–water partition coefficient (Wildman–Crippen LogP) is 2.43. The van der Waals surface area contributed by atoms with Gasteiger partial charge in [0.1, 0.15) is 5.82 Å². The topological polar surface area (TPSA) is 51.2 Å². The van der Waals surface area contributed by atoms with Crippen LogP contribution in [0.4, 0.5) is 5.82 Å². The molecule has 1 heterocycles. The van der Waals surface area contributed by atoms with E-state index in [0.29, 0.717) is 23.0 Å². The van der Waals surface area contributed by atoms with Crippen LogP contribution in [0.25, 0.3) is 0 Å². The van der Waals surface area contributed by atoms with Gasteiger partial charge in [0.05, 0.1) is 18.6 Å². The summed E-state index contributed by atoms with van der Waals surface area (Å²) in [7, 11) is 3.14. The number of halogens is 1. The number of aromatic nitrogens is 1. The molecule has 0 aliphatic rings. The molecule has 16 heavy (non-hydrogen) atoms. The van der Waals surface area contributed by atoms with E-state index in [0.717, 1.165) is 4.90 Å². The zero-order chi connectivity index (χ0) is 12.0. The number of carbonyl (C=O) groups is 1. The molecule has 0 saturated heterocycles. The van der Waals surface area contributed by atoms with E-state index in [1.807, 2.05) is 6.07 Å². The van der Waals surface area contributed by atoms with E-state index in [9.17, 15) is 4.79 Å². The van der Waals surface area contributed by atoms with Crippen LogP contribution >= 0.6 is 23.4 Å².